The van der Waals surface area contributed by atoms with Gasteiger partial charge >= 0.3 is 0 Å². The molecule has 0 aliphatic carbocycles. The van der Waals surface area contributed by atoms with Crippen molar-refractivity contribution in [3.63, 3.8) is 0 Å². The molecular weight excluding hydrogens is 447 g/mol. The van der Waals surface area contributed by atoms with Crippen molar-refractivity contribution in [2.24, 2.45) is 0 Å². The van der Waals surface area contributed by atoms with Gasteiger partial charge in [-0.1, -0.05) is 41.4 Å². The molecule has 0 bridgehead atoms. The quantitative estimate of drug-likeness (QED) is 0.392. The van der Waals surface area contributed by atoms with Crippen molar-refractivity contribution in [1.29, 1.82) is 0 Å². The molecule has 0 saturated heterocycles. The number of nitrogens with zero attached hydrogens (tertiary/aromatic N) is 1. The van der Waals surface area contributed by atoms with Gasteiger partial charge in [0.25, 0.3) is 15.9 Å². The standard InChI is InChI=1S/C20H14Cl2N4O3S/c21-16-8-6-13(10-17(16)22)26-30(28,29)14-7-9-18-15(11-14)19(25-24-18)20(27)23-12-4-2-1-3-5-12/h1-11,26H,(H,23,27)(H,24,25). The van der Waals surface area contributed by atoms with E-state index in [2.05, 4.69) is 20.2 Å². The Balaban J connectivity index is 1.66. The van der Waals surface area contributed by atoms with E-state index in [1.807, 2.05) is 6.07 Å². The number of rotatable bonds is 5. The summed E-state index contributed by atoms with van der Waals surface area (Å²) < 4.78 is 28.1. The Bertz CT molecular complexity index is 1360. The lowest BCUT2D eigenvalue weighted by molar-refractivity contribution is 0.102. The first-order chi connectivity index (χ1) is 14.3. The number of benzene rings is 3. The molecule has 4 aromatic rings. The second-order valence-corrected chi connectivity index (χ2v) is 8.83. The number of amides is 1. The van der Waals surface area contributed by atoms with Gasteiger partial charge in [0, 0.05) is 11.1 Å². The first-order valence-corrected chi connectivity index (χ1v) is 10.9. The van der Waals surface area contributed by atoms with E-state index in [0.29, 0.717) is 21.6 Å². The van der Waals surface area contributed by atoms with Gasteiger partial charge in [-0.2, -0.15) is 5.10 Å². The van der Waals surface area contributed by atoms with Crippen LogP contribution in [0.4, 0.5) is 11.4 Å². The molecule has 0 fully saturated rings. The maximum absolute atomic E-state index is 12.8. The molecule has 4 rings (SSSR count). The minimum absolute atomic E-state index is 0.0313. The van der Waals surface area contributed by atoms with Crippen molar-refractivity contribution < 1.29 is 13.2 Å². The number of nitrogens with one attached hydrogen (secondary N) is 3. The number of hydrogen-bond donors (Lipinski definition) is 3. The Morgan fingerprint density at radius 3 is 2.40 bits per heavy atom. The van der Waals surface area contributed by atoms with Gasteiger partial charge in [-0.25, -0.2) is 8.42 Å². The fourth-order valence-corrected chi connectivity index (χ4v) is 4.19. The number of halogens is 2. The smallest absolute Gasteiger partial charge is 0.276 e. The number of H-pyrrole nitrogens is 1. The molecule has 1 amide bonds. The second kappa shape index (κ2) is 7.98. The summed E-state index contributed by atoms with van der Waals surface area (Å²) >= 11 is 11.8. The Hall–Kier alpha value is -3.07. The zero-order chi connectivity index (χ0) is 21.3. The molecule has 0 aliphatic rings. The average molecular weight is 461 g/mol. The van der Waals surface area contributed by atoms with Crippen LogP contribution in [0, 0.1) is 0 Å². The van der Waals surface area contributed by atoms with E-state index in [-0.39, 0.29) is 21.3 Å². The maximum Gasteiger partial charge on any atom is 0.276 e. The molecule has 0 aliphatic heterocycles. The monoisotopic (exact) mass is 460 g/mol. The lowest BCUT2D eigenvalue weighted by atomic mass is 10.2. The highest BCUT2D eigenvalue weighted by molar-refractivity contribution is 7.92. The van der Waals surface area contributed by atoms with Crippen molar-refractivity contribution in [2.75, 3.05) is 10.0 Å². The molecule has 1 aromatic heterocycles. The van der Waals surface area contributed by atoms with E-state index in [1.165, 1.54) is 30.3 Å². The molecule has 30 heavy (non-hydrogen) atoms. The van der Waals surface area contributed by atoms with Crippen LogP contribution in [0.3, 0.4) is 0 Å². The van der Waals surface area contributed by atoms with Crippen molar-refractivity contribution in [3.8, 4) is 0 Å². The molecule has 10 heteroatoms. The topological polar surface area (TPSA) is 104 Å². The molecular formula is C20H14Cl2N4O3S. The highest BCUT2D eigenvalue weighted by Crippen LogP contribution is 2.27. The highest BCUT2D eigenvalue weighted by atomic mass is 35.5. The van der Waals surface area contributed by atoms with Crippen LogP contribution in [0.2, 0.25) is 10.0 Å². The number of sulfonamides is 1. The van der Waals surface area contributed by atoms with Gasteiger partial charge in [0.1, 0.15) is 0 Å². The van der Waals surface area contributed by atoms with E-state index in [0.717, 1.165) is 0 Å². The number of para-hydroxylation sites is 1. The van der Waals surface area contributed by atoms with Crippen molar-refractivity contribution in [3.05, 3.63) is 82.5 Å². The molecule has 7 nitrogen and oxygen atoms in total. The molecule has 152 valence electrons. The predicted octanol–water partition coefficient (Wildman–Crippen LogP) is 4.92. The summed E-state index contributed by atoms with van der Waals surface area (Å²) in [6.45, 7) is 0. The van der Waals surface area contributed by atoms with Crippen LogP contribution in [0.25, 0.3) is 10.9 Å². The van der Waals surface area contributed by atoms with Crippen LogP contribution in [0.5, 0.6) is 0 Å². The number of hydrogen-bond acceptors (Lipinski definition) is 4. The molecule has 0 spiro atoms. The molecule has 0 unspecified atom stereocenters. The van der Waals surface area contributed by atoms with Gasteiger partial charge in [0.2, 0.25) is 0 Å². The summed E-state index contributed by atoms with van der Waals surface area (Å²) in [6, 6.07) is 17.6. The van der Waals surface area contributed by atoms with E-state index in [9.17, 15) is 13.2 Å². The number of carbonyl (C=O) groups excluding carboxylic acids is 1. The van der Waals surface area contributed by atoms with E-state index in [4.69, 9.17) is 23.2 Å². The zero-order valence-corrected chi connectivity index (χ0v) is 17.5. The van der Waals surface area contributed by atoms with Crippen LogP contribution >= 0.6 is 23.2 Å². The van der Waals surface area contributed by atoms with Crippen LogP contribution in [-0.4, -0.2) is 24.5 Å². The summed E-state index contributed by atoms with van der Waals surface area (Å²) in [5.74, 6) is -0.459. The highest BCUT2D eigenvalue weighted by Gasteiger charge is 2.20. The number of fused-ring (bicyclic) bond motifs is 1. The predicted molar refractivity (Wildman–Crippen MR) is 118 cm³/mol. The van der Waals surface area contributed by atoms with Gasteiger partial charge in [-0.05, 0) is 48.5 Å². The normalized spacial score (nSPS) is 11.4. The van der Waals surface area contributed by atoms with Crippen LogP contribution < -0.4 is 10.0 Å². The molecule has 3 aromatic carbocycles. The van der Waals surface area contributed by atoms with E-state index >= 15 is 0 Å². The SMILES string of the molecule is O=C(Nc1ccccc1)c1n[nH]c2ccc(S(=O)(=O)Nc3ccc(Cl)c(Cl)c3)cc12. The Kier molecular flexibility index (Phi) is 5.38. The lowest BCUT2D eigenvalue weighted by Crippen LogP contribution is -2.14. The Morgan fingerprint density at radius 1 is 0.900 bits per heavy atom. The van der Waals surface area contributed by atoms with Crippen LogP contribution in [0.1, 0.15) is 10.5 Å². The molecule has 0 saturated carbocycles. The lowest BCUT2D eigenvalue weighted by Gasteiger charge is -2.09. The number of anilines is 2. The maximum atomic E-state index is 12.8. The first-order valence-electron chi connectivity index (χ1n) is 8.66. The Labute approximate surface area is 182 Å². The van der Waals surface area contributed by atoms with Gasteiger partial charge in [0.05, 0.1) is 26.1 Å². The Morgan fingerprint density at radius 2 is 1.67 bits per heavy atom. The average Bonchev–Trinajstić information content (AvgIpc) is 3.15. The van der Waals surface area contributed by atoms with Crippen LogP contribution in [0.15, 0.2) is 71.6 Å². The third-order valence-corrected chi connectivity index (χ3v) is 6.38. The number of aromatic amines is 1. The van der Waals surface area contributed by atoms with Crippen molar-refractivity contribution >= 4 is 61.4 Å². The van der Waals surface area contributed by atoms with Crippen LogP contribution in [-0.2, 0) is 10.0 Å². The summed E-state index contributed by atoms with van der Waals surface area (Å²) in [5, 5.41) is 10.4. The third-order valence-electron chi connectivity index (χ3n) is 4.26. The molecule has 0 atom stereocenters. The fourth-order valence-electron chi connectivity index (χ4n) is 2.82. The van der Waals surface area contributed by atoms with E-state index < -0.39 is 15.9 Å². The van der Waals surface area contributed by atoms with Gasteiger partial charge < -0.3 is 5.32 Å². The summed E-state index contributed by atoms with van der Waals surface area (Å²) in [4.78, 5) is 12.6. The summed E-state index contributed by atoms with van der Waals surface area (Å²) in [5.41, 5.74) is 1.48. The third kappa shape index (κ3) is 4.11. The largest absolute Gasteiger partial charge is 0.321 e. The summed E-state index contributed by atoms with van der Waals surface area (Å²) in [6.07, 6.45) is 0. The minimum atomic E-state index is -3.94. The van der Waals surface area contributed by atoms with Gasteiger partial charge in [-0.15, -0.1) is 0 Å². The summed E-state index contributed by atoms with van der Waals surface area (Å²) in [7, 11) is -3.94. The second-order valence-electron chi connectivity index (χ2n) is 6.33. The molecule has 0 radical (unpaired) electrons. The zero-order valence-electron chi connectivity index (χ0n) is 15.2. The van der Waals surface area contributed by atoms with Gasteiger partial charge in [-0.3, -0.25) is 14.6 Å². The molecule has 1 heterocycles. The van der Waals surface area contributed by atoms with Crippen molar-refractivity contribution in [1.82, 2.24) is 10.2 Å². The molecule has 3 N–H and O–H groups in total. The van der Waals surface area contributed by atoms with Gasteiger partial charge in [0.15, 0.2) is 5.69 Å². The van der Waals surface area contributed by atoms with Crippen molar-refractivity contribution in [2.45, 2.75) is 4.90 Å². The number of carbonyl (C=O) groups is 1. The fraction of sp³-hybridized carbons (Fsp3) is 0. The number of aromatic nitrogens is 2. The van der Waals surface area contributed by atoms with E-state index in [1.54, 1.807) is 30.3 Å². The minimum Gasteiger partial charge on any atom is -0.321 e. The first kappa shape index (κ1) is 20.2.